The number of anilines is 2. The number of alkyl halides is 3. The van der Waals surface area contributed by atoms with Gasteiger partial charge in [-0.05, 0) is 30.4 Å². The predicted octanol–water partition coefficient (Wildman–Crippen LogP) is 4.73. The van der Waals surface area contributed by atoms with E-state index in [0.717, 1.165) is 17.4 Å². The van der Waals surface area contributed by atoms with E-state index in [-0.39, 0.29) is 10.8 Å². The molecule has 0 bridgehead atoms. The van der Waals surface area contributed by atoms with Crippen molar-refractivity contribution in [3.8, 4) is 0 Å². The standard InChI is InChI=1S/C9H5BrF3N3S2/c10-4-1-2-6(5(3-4)9(11,12)13)14-7-15-16-8(17)18-7/h1-3H,(H,14,15)(H,16,17). The summed E-state index contributed by atoms with van der Waals surface area (Å²) in [5.41, 5.74) is -0.832. The third-order valence-corrected chi connectivity index (χ3v) is 3.46. The Kier molecular flexibility index (Phi) is 3.74. The molecule has 0 unspecified atom stereocenters. The number of hydrogen-bond acceptors (Lipinski definition) is 4. The van der Waals surface area contributed by atoms with E-state index in [0.29, 0.717) is 8.43 Å². The number of hydrogen-bond donors (Lipinski definition) is 2. The molecular formula is C9H5BrF3N3S2. The number of halogens is 4. The van der Waals surface area contributed by atoms with Crippen molar-refractivity contribution in [3.63, 3.8) is 0 Å². The maximum absolute atomic E-state index is 12.8. The number of aromatic amines is 1. The van der Waals surface area contributed by atoms with Crippen LogP contribution in [0.15, 0.2) is 22.7 Å². The Morgan fingerprint density at radius 2 is 2.11 bits per heavy atom. The fourth-order valence-corrected chi connectivity index (χ4v) is 2.42. The first-order chi connectivity index (χ1) is 8.36. The van der Waals surface area contributed by atoms with E-state index in [9.17, 15) is 13.2 Å². The summed E-state index contributed by atoms with van der Waals surface area (Å²) in [6.45, 7) is 0. The first kappa shape index (κ1) is 13.5. The molecule has 0 atom stereocenters. The molecule has 2 N–H and O–H groups in total. The molecule has 1 heterocycles. The van der Waals surface area contributed by atoms with Gasteiger partial charge >= 0.3 is 6.18 Å². The van der Waals surface area contributed by atoms with Crippen LogP contribution in [0.1, 0.15) is 5.56 Å². The van der Waals surface area contributed by atoms with Gasteiger partial charge in [-0.15, -0.1) is 5.10 Å². The average Bonchev–Trinajstić information content (AvgIpc) is 2.65. The Morgan fingerprint density at radius 1 is 1.39 bits per heavy atom. The molecule has 0 aliphatic heterocycles. The van der Waals surface area contributed by atoms with Crippen molar-refractivity contribution < 1.29 is 13.2 Å². The molecule has 0 aliphatic carbocycles. The van der Waals surface area contributed by atoms with Crippen LogP contribution < -0.4 is 5.32 Å². The van der Waals surface area contributed by atoms with Crippen LogP contribution >= 0.6 is 39.5 Å². The van der Waals surface area contributed by atoms with Crippen LogP contribution in [0.2, 0.25) is 0 Å². The van der Waals surface area contributed by atoms with Gasteiger partial charge in [-0.3, -0.25) is 5.10 Å². The second kappa shape index (κ2) is 4.98. The van der Waals surface area contributed by atoms with Crippen LogP contribution in [-0.2, 0) is 6.18 Å². The molecule has 9 heteroatoms. The van der Waals surface area contributed by atoms with Crippen LogP contribution in [0, 0.1) is 3.95 Å². The summed E-state index contributed by atoms with van der Waals surface area (Å²) >= 11 is 8.89. The van der Waals surface area contributed by atoms with Gasteiger partial charge in [0, 0.05) is 4.47 Å². The normalized spacial score (nSPS) is 11.6. The maximum Gasteiger partial charge on any atom is 0.418 e. The smallest absolute Gasteiger partial charge is 0.330 e. The van der Waals surface area contributed by atoms with Crippen LogP contribution in [0.3, 0.4) is 0 Å². The molecule has 1 aromatic carbocycles. The topological polar surface area (TPSA) is 40.7 Å². The molecule has 18 heavy (non-hydrogen) atoms. The highest BCUT2D eigenvalue weighted by Crippen LogP contribution is 2.37. The Hall–Kier alpha value is -0.930. The van der Waals surface area contributed by atoms with Gasteiger partial charge in [-0.2, -0.15) is 13.2 Å². The van der Waals surface area contributed by atoms with E-state index in [1.165, 1.54) is 12.1 Å². The van der Waals surface area contributed by atoms with E-state index in [1.807, 2.05) is 0 Å². The summed E-state index contributed by atoms with van der Waals surface area (Å²) in [6, 6.07) is 3.86. The second-order valence-electron chi connectivity index (χ2n) is 3.23. The van der Waals surface area contributed by atoms with Gasteiger partial charge < -0.3 is 5.32 Å². The highest BCUT2D eigenvalue weighted by atomic mass is 79.9. The minimum Gasteiger partial charge on any atom is -0.330 e. The lowest BCUT2D eigenvalue weighted by Crippen LogP contribution is -2.08. The van der Waals surface area contributed by atoms with Gasteiger partial charge in [0.25, 0.3) is 0 Å². The number of nitrogens with one attached hydrogen (secondary N) is 2. The monoisotopic (exact) mass is 355 g/mol. The Morgan fingerprint density at radius 3 is 2.67 bits per heavy atom. The van der Waals surface area contributed by atoms with Crippen molar-refractivity contribution >= 4 is 50.3 Å². The number of nitrogens with zero attached hydrogens (tertiary/aromatic N) is 1. The summed E-state index contributed by atoms with van der Waals surface area (Å²) in [7, 11) is 0. The van der Waals surface area contributed by atoms with Gasteiger partial charge in [0.05, 0.1) is 11.3 Å². The maximum atomic E-state index is 12.8. The van der Waals surface area contributed by atoms with Gasteiger partial charge in [-0.25, -0.2) is 0 Å². The molecule has 0 spiro atoms. The van der Waals surface area contributed by atoms with Crippen LogP contribution in [-0.4, -0.2) is 10.2 Å². The molecule has 3 nitrogen and oxygen atoms in total. The summed E-state index contributed by atoms with van der Waals surface area (Å²) in [5, 5.41) is 9.13. The van der Waals surface area contributed by atoms with Crippen molar-refractivity contribution in [1.82, 2.24) is 10.2 Å². The minimum atomic E-state index is -4.44. The predicted molar refractivity (Wildman–Crippen MR) is 69.7 cm³/mol. The molecule has 0 fully saturated rings. The van der Waals surface area contributed by atoms with E-state index < -0.39 is 11.7 Å². The summed E-state index contributed by atoms with van der Waals surface area (Å²) in [6.07, 6.45) is -4.44. The molecule has 96 valence electrons. The zero-order valence-corrected chi connectivity index (χ0v) is 11.7. The van der Waals surface area contributed by atoms with Crippen LogP contribution in [0.25, 0.3) is 0 Å². The van der Waals surface area contributed by atoms with Crippen LogP contribution in [0.4, 0.5) is 24.0 Å². The van der Waals surface area contributed by atoms with Crippen molar-refractivity contribution in [2.24, 2.45) is 0 Å². The van der Waals surface area contributed by atoms with E-state index >= 15 is 0 Å². The molecule has 0 saturated heterocycles. The number of aromatic nitrogens is 2. The summed E-state index contributed by atoms with van der Waals surface area (Å²) in [4.78, 5) is 0. The molecule has 0 amide bonds. The Bertz CT molecular complexity index is 620. The molecule has 1 aromatic heterocycles. The molecule has 0 aliphatic rings. The fourth-order valence-electron chi connectivity index (χ4n) is 1.26. The molecule has 2 rings (SSSR count). The summed E-state index contributed by atoms with van der Waals surface area (Å²) in [5.74, 6) is 0. The highest BCUT2D eigenvalue weighted by Gasteiger charge is 2.33. The highest BCUT2D eigenvalue weighted by molar-refractivity contribution is 9.10. The lowest BCUT2D eigenvalue weighted by Gasteiger charge is -2.13. The quantitative estimate of drug-likeness (QED) is 0.765. The summed E-state index contributed by atoms with van der Waals surface area (Å²) < 4.78 is 39.2. The number of H-pyrrole nitrogens is 1. The average molecular weight is 356 g/mol. The Balaban J connectivity index is 2.41. The van der Waals surface area contributed by atoms with Crippen molar-refractivity contribution in [2.75, 3.05) is 5.32 Å². The van der Waals surface area contributed by atoms with Gasteiger partial charge in [0.1, 0.15) is 0 Å². The third-order valence-electron chi connectivity index (χ3n) is 1.97. The van der Waals surface area contributed by atoms with Crippen molar-refractivity contribution in [2.45, 2.75) is 6.18 Å². The number of rotatable bonds is 2. The van der Waals surface area contributed by atoms with E-state index in [1.54, 1.807) is 0 Å². The SMILES string of the molecule is FC(F)(F)c1cc(Br)ccc1Nc1n[nH]c(=S)s1. The minimum absolute atomic E-state index is 0.0662. The molecule has 2 aromatic rings. The second-order valence-corrected chi connectivity index (χ2v) is 5.81. The van der Waals surface area contributed by atoms with Crippen molar-refractivity contribution in [3.05, 3.63) is 32.2 Å². The van der Waals surface area contributed by atoms with Gasteiger partial charge in [-0.1, -0.05) is 27.3 Å². The first-order valence-electron chi connectivity index (χ1n) is 4.55. The lowest BCUT2D eigenvalue weighted by molar-refractivity contribution is -0.137. The van der Waals surface area contributed by atoms with Crippen molar-refractivity contribution in [1.29, 1.82) is 0 Å². The fraction of sp³-hybridized carbons (Fsp3) is 0.111. The first-order valence-corrected chi connectivity index (χ1v) is 6.57. The van der Waals surface area contributed by atoms with E-state index in [4.69, 9.17) is 12.2 Å². The van der Waals surface area contributed by atoms with Crippen LogP contribution in [0.5, 0.6) is 0 Å². The van der Waals surface area contributed by atoms with Gasteiger partial charge in [0.15, 0.2) is 3.95 Å². The largest absolute Gasteiger partial charge is 0.418 e. The molecule has 0 saturated carbocycles. The van der Waals surface area contributed by atoms with Gasteiger partial charge in [0.2, 0.25) is 5.13 Å². The zero-order chi connectivity index (χ0) is 13.3. The zero-order valence-electron chi connectivity index (χ0n) is 8.51. The molecule has 0 radical (unpaired) electrons. The molecular weight excluding hydrogens is 351 g/mol. The number of benzene rings is 1. The van der Waals surface area contributed by atoms with E-state index in [2.05, 4.69) is 31.4 Å². The Labute approximate surface area is 117 Å². The lowest BCUT2D eigenvalue weighted by atomic mass is 10.2. The third kappa shape index (κ3) is 3.09.